The van der Waals surface area contributed by atoms with Crippen LogP contribution in [0, 0.1) is 0 Å². The average Bonchev–Trinajstić information content (AvgIpc) is 1.07. The largest absolute Gasteiger partial charge is 2.00 e. The van der Waals surface area contributed by atoms with E-state index in [0.29, 0.717) is 75.1 Å². The van der Waals surface area contributed by atoms with Crippen molar-refractivity contribution in [3.8, 4) is 0 Å². The van der Waals surface area contributed by atoms with Crippen LogP contribution in [0.2, 0.25) is 0 Å². The van der Waals surface area contributed by atoms with Gasteiger partial charge in [-0.2, -0.15) is 13.5 Å². The van der Waals surface area contributed by atoms with Gasteiger partial charge in [0.05, 0.1) is 26.4 Å². The molecule has 0 aliphatic heterocycles. The molecule has 121 heavy (non-hydrogen) atoms. The molecule has 0 aliphatic rings. The Morgan fingerprint density at radius 3 is 0.388 bits per heavy atom. The van der Waals surface area contributed by atoms with Crippen LogP contribution < -0.4 is 0 Å². The second-order valence-electron chi connectivity index (χ2n) is 33.5. The summed E-state index contributed by atoms with van der Waals surface area (Å²) in [4.78, 5) is 45.3. The molecule has 15 heteroatoms. The number of hydrogen-bond donors (Lipinski definition) is 0. The normalized spacial score (nSPS) is 10.9. The van der Waals surface area contributed by atoms with Crippen LogP contribution in [0.5, 0.6) is 0 Å². The predicted octanol–water partition coefficient (Wildman–Crippen LogP) is 34.4. The van der Waals surface area contributed by atoms with Crippen molar-refractivity contribution in [3.63, 3.8) is 0 Å². The third kappa shape index (κ3) is 143. The fraction of sp³-hybridized carbons (Fsp3) is 0.887. The zero-order chi connectivity index (χ0) is 85.0. The van der Waals surface area contributed by atoms with Gasteiger partial charge in [0.1, 0.15) is 0 Å². The molecule has 0 bridgehead atoms. The van der Waals surface area contributed by atoms with Gasteiger partial charge in [0, 0.05) is 25.7 Å². The Morgan fingerprint density at radius 2 is 0.281 bits per heavy atom. The van der Waals surface area contributed by atoms with Gasteiger partial charge < -0.3 is 69.5 Å². The molecule has 0 spiro atoms. The Balaban J connectivity index is -0.000000195. The van der Waals surface area contributed by atoms with Gasteiger partial charge in [-0.3, -0.25) is 19.2 Å². The van der Waals surface area contributed by atoms with Gasteiger partial charge in [-0.05, 0) is 128 Å². The average molecular weight is 2010 g/mol. The molecule has 0 rings (SSSR count). The maximum absolute atomic E-state index is 11.3. The van der Waals surface area contributed by atoms with E-state index >= 15 is 0 Å². The maximum atomic E-state index is 11.3. The zero-order valence-corrected chi connectivity index (χ0v) is 89.2. The van der Waals surface area contributed by atoms with Crippen LogP contribution in [-0.2, 0) is 88.6 Å². The number of hydrogen-bond acceptors (Lipinski definition) is 12. The molecule has 8 nitrogen and oxygen atoms in total. The summed E-state index contributed by atoms with van der Waals surface area (Å²) in [5, 5.41) is 0. The number of allylic oxidation sites excluding steroid dienone is 8. The molecule has 0 aliphatic carbocycles. The molecule has 0 heterocycles. The first-order valence-electron chi connectivity index (χ1n) is 50.8. The van der Waals surface area contributed by atoms with Gasteiger partial charge in [-0.25, -0.2) is 0 Å². The summed E-state index contributed by atoms with van der Waals surface area (Å²) >= 11 is 19.0. The Hall–Kier alpha value is 0.187. The molecule has 4 radical (unpaired) electrons. The molecule has 0 saturated carbocycles. The quantitative estimate of drug-likeness (QED) is 0.0145. The predicted molar refractivity (Wildman–Crippen MR) is 557 cm³/mol. The number of ether oxygens (including phenoxy) is 4. The first kappa shape index (κ1) is 139. The van der Waals surface area contributed by atoms with E-state index in [0.717, 1.165) is 51.4 Å². The van der Waals surface area contributed by atoms with Crippen molar-refractivity contribution in [2.24, 2.45) is 0 Å². The minimum Gasteiger partial charge on any atom is -0.789 e. The van der Waals surface area contributed by atoms with E-state index in [9.17, 15) is 19.2 Å². The molecule has 716 valence electrons. The summed E-state index contributed by atoms with van der Waals surface area (Å²) in [6, 6.07) is 0. The number of carbonyl (C=O) groups excluding carboxylic acids is 4. The minimum atomic E-state index is -0.0874. The van der Waals surface area contributed by atoms with E-state index in [1.807, 2.05) is 0 Å². The summed E-state index contributed by atoms with van der Waals surface area (Å²) in [5.41, 5.74) is 0. The molecule has 0 fully saturated rings. The fourth-order valence-corrected chi connectivity index (χ4v) is 14.8. The molecule has 0 aromatic rings. The molecule has 0 N–H and O–H groups in total. The van der Waals surface area contributed by atoms with E-state index in [4.69, 9.17) is 69.5 Å². The topological polar surface area (TPSA) is 105 Å². The van der Waals surface area contributed by atoms with E-state index in [-0.39, 0.29) is 100 Å². The van der Waals surface area contributed by atoms with Crippen molar-refractivity contribution >= 4 is 136 Å². The van der Waals surface area contributed by atoms with Crippen molar-refractivity contribution in [2.45, 2.75) is 556 Å². The van der Waals surface area contributed by atoms with E-state index < -0.39 is 0 Å². The SMILES string of the molecule is C.C.CCCCCCCCCCCCCC/C=C/CCCCCCCC(=O)OCC[S-].CCCCCCCCCCCCCC/C=C/CCCCCCCC(=O)OCC[S-].CCCCCCCCCCCCCC/C=C/CCCCCCCC(=O)OCC[S-].CCCCCCCCCCCCCC/C=C/CCCCCCCC(=O)OCC[S-].S.[Sn+2].[Sn+2]. The number of esters is 4. The maximum Gasteiger partial charge on any atom is 2.00 e. The summed E-state index contributed by atoms with van der Waals surface area (Å²) in [5.74, 6) is 1.64. The van der Waals surface area contributed by atoms with Gasteiger partial charge in [-0.1, -0.05) is 451 Å². The van der Waals surface area contributed by atoms with Gasteiger partial charge >= 0.3 is 71.7 Å². The van der Waals surface area contributed by atoms with Gasteiger partial charge in [0.2, 0.25) is 0 Å². The van der Waals surface area contributed by atoms with Crippen LogP contribution in [0.15, 0.2) is 48.6 Å². The summed E-state index contributed by atoms with van der Waals surface area (Å²) < 4.78 is 19.9. The van der Waals surface area contributed by atoms with Gasteiger partial charge in [0.15, 0.2) is 0 Å². The molecular weight excluding hydrogens is 1800 g/mol. The van der Waals surface area contributed by atoms with Crippen molar-refractivity contribution in [2.75, 3.05) is 49.4 Å². The Morgan fingerprint density at radius 1 is 0.182 bits per heavy atom. The molecule has 0 atom stereocenters. The second-order valence-corrected chi connectivity index (χ2v) is 35.2. The number of carbonyl (C=O) groups is 4. The van der Waals surface area contributed by atoms with Gasteiger partial charge in [0.25, 0.3) is 0 Å². The monoisotopic (exact) mass is 2010 g/mol. The van der Waals surface area contributed by atoms with E-state index in [1.54, 1.807) is 0 Å². The Labute approximate surface area is 820 Å². The van der Waals surface area contributed by atoms with Crippen LogP contribution >= 0.6 is 13.5 Å². The van der Waals surface area contributed by atoms with Crippen molar-refractivity contribution in [1.29, 1.82) is 0 Å². The molecule has 0 amide bonds. The van der Waals surface area contributed by atoms with Crippen molar-refractivity contribution in [1.82, 2.24) is 0 Å². The molecule has 0 unspecified atom stereocenters. The second kappa shape index (κ2) is 136. The van der Waals surface area contributed by atoms with Crippen LogP contribution in [0.3, 0.4) is 0 Å². The molecule has 0 aromatic carbocycles. The van der Waals surface area contributed by atoms with Crippen molar-refractivity contribution in [3.05, 3.63) is 48.6 Å². The smallest absolute Gasteiger partial charge is 0.789 e. The Kier molecular flexibility index (Phi) is 156. The van der Waals surface area contributed by atoms with Crippen LogP contribution in [0.4, 0.5) is 0 Å². The van der Waals surface area contributed by atoms with E-state index in [1.165, 1.54) is 437 Å². The van der Waals surface area contributed by atoms with Gasteiger partial charge in [-0.15, -0.1) is 23.0 Å². The summed E-state index contributed by atoms with van der Waals surface area (Å²) in [6.45, 7) is 10.7. The molecule has 0 aromatic heterocycles. The third-order valence-corrected chi connectivity index (χ3v) is 22.6. The van der Waals surface area contributed by atoms with E-state index in [2.05, 4.69) is 76.3 Å². The summed E-state index contributed by atoms with van der Waals surface area (Å²) in [6.07, 6.45) is 123. The van der Waals surface area contributed by atoms with Crippen LogP contribution in [-0.4, -0.2) is 121 Å². The zero-order valence-electron chi connectivity index (χ0n) is 79.2. The standard InChI is InChI=1S/4C26H50O2S.2CH4.H2S.2Sn/c4*1-2-3-4-5-6-7-8-9-10-11-12-13-14-15-16-17-18-19-20-21-22-23-26(27)28-24-25-29;;;;;/h4*15-16,29H,2-14,17-25H2,1H3;2*1H4;1H2;;/q;;;;;;;2*+2/p-4/b4*16-15+;;;;;. The third-order valence-electron chi connectivity index (χ3n) is 22.0. The number of rotatable bonds is 92. The Bertz CT molecular complexity index is 1710. The number of unbranched alkanes of at least 4 members (excludes halogenated alkanes) is 68. The van der Waals surface area contributed by atoms with Crippen LogP contribution in [0.25, 0.3) is 0 Å². The summed E-state index contributed by atoms with van der Waals surface area (Å²) in [7, 11) is 0. The fourth-order valence-electron chi connectivity index (χ4n) is 14.5. The first-order chi connectivity index (χ1) is 57.2. The minimum absolute atomic E-state index is 0. The molecule has 0 saturated heterocycles. The first-order valence-corrected chi connectivity index (χ1v) is 53.1. The van der Waals surface area contributed by atoms with Crippen molar-refractivity contribution < 1.29 is 38.1 Å². The van der Waals surface area contributed by atoms with Crippen LogP contribution in [0.1, 0.15) is 556 Å². The molecular formula is C106H206O8S5Sn2.